The molecule has 2 heterocycles. The van der Waals surface area contributed by atoms with Crippen molar-refractivity contribution in [3.63, 3.8) is 0 Å². The number of aromatic nitrogens is 1. The smallest absolute Gasteiger partial charge is 0.262 e. The van der Waals surface area contributed by atoms with Crippen LogP contribution in [-0.4, -0.2) is 10.9 Å². The molecule has 5 heteroatoms. The van der Waals surface area contributed by atoms with Gasteiger partial charge in [-0.25, -0.2) is 0 Å². The van der Waals surface area contributed by atoms with Crippen LogP contribution in [-0.2, 0) is 13.0 Å². The molecule has 1 amide bonds. The van der Waals surface area contributed by atoms with Crippen LogP contribution in [0.3, 0.4) is 0 Å². The van der Waals surface area contributed by atoms with E-state index in [-0.39, 0.29) is 5.91 Å². The maximum absolute atomic E-state index is 11.9. The Kier molecular flexibility index (Phi) is 4.49. The topological polar surface area (TPSA) is 42.0 Å². The number of aryl methyl sites for hydroxylation is 1. The molecule has 94 valence electrons. The molecule has 0 aliphatic heterocycles. The van der Waals surface area contributed by atoms with Gasteiger partial charge >= 0.3 is 0 Å². The molecule has 2 rings (SSSR count). The van der Waals surface area contributed by atoms with Crippen LogP contribution in [0.4, 0.5) is 0 Å². The first-order chi connectivity index (χ1) is 8.72. The second kappa shape index (κ2) is 6.11. The molecule has 0 saturated heterocycles. The van der Waals surface area contributed by atoms with Crippen molar-refractivity contribution in [2.75, 3.05) is 0 Å². The van der Waals surface area contributed by atoms with E-state index >= 15 is 0 Å². The monoisotopic (exact) mass is 324 g/mol. The molecule has 2 aromatic rings. The number of halogens is 1. The SMILES string of the molecule is CCc1cccnc1CNC(=O)c1sccc1Br. The van der Waals surface area contributed by atoms with E-state index in [1.54, 1.807) is 6.20 Å². The van der Waals surface area contributed by atoms with Gasteiger partial charge in [0, 0.05) is 10.7 Å². The average Bonchev–Trinajstić information content (AvgIpc) is 2.82. The molecular formula is C13H13BrN2OS. The van der Waals surface area contributed by atoms with Crippen LogP contribution < -0.4 is 5.32 Å². The number of nitrogens with one attached hydrogen (secondary N) is 1. The summed E-state index contributed by atoms with van der Waals surface area (Å²) in [5.41, 5.74) is 2.10. The van der Waals surface area contributed by atoms with Crippen molar-refractivity contribution in [3.8, 4) is 0 Å². The Labute approximate surface area is 118 Å². The molecule has 0 fully saturated rings. The van der Waals surface area contributed by atoms with Crippen molar-refractivity contribution in [1.82, 2.24) is 10.3 Å². The molecule has 18 heavy (non-hydrogen) atoms. The minimum Gasteiger partial charge on any atom is -0.346 e. The van der Waals surface area contributed by atoms with Gasteiger partial charge in [0.25, 0.3) is 5.91 Å². The minimum atomic E-state index is -0.0652. The van der Waals surface area contributed by atoms with E-state index in [2.05, 4.69) is 33.2 Å². The van der Waals surface area contributed by atoms with Crippen LogP contribution in [0.2, 0.25) is 0 Å². The highest BCUT2D eigenvalue weighted by molar-refractivity contribution is 9.10. The summed E-state index contributed by atoms with van der Waals surface area (Å²) in [6.45, 7) is 2.55. The van der Waals surface area contributed by atoms with Crippen molar-refractivity contribution in [2.45, 2.75) is 19.9 Å². The number of hydrogen-bond donors (Lipinski definition) is 1. The summed E-state index contributed by atoms with van der Waals surface area (Å²) in [6.07, 6.45) is 2.67. The molecular weight excluding hydrogens is 312 g/mol. The first-order valence-corrected chi connectivity index (χ1v) is 7.33. The molecule has 0 atom stereocenters. The third-order valence-electron chi connectivity index (χ3n) is 2.61. The van der Waals surface area contributed by atoms with E-state index in [1.165, 1.54) is 16.9 Å². The normalized spacial score (nSPS) is 10.3. The van der Waals surface area contributed by atoms with E-state index < -0.39 is 0 Å². The van der Waals surface area contributed by atoms with Gasteiger partial charge in [-0.3, -0.25) is 9.78 Å². The van der Waals surface area contributed by atoms with Crippen molar-refractivity contribution in [2.24, 2.45) is 0 Å². The van der Waals surface area contributed by atoms with Gasteiger partial charge in [-0.05, 0) is 45.4 Å². The summed E-state index contributed by atoms with van der Waals surface area (Å²) in [5.74, 6) is -0.0652. The van der Waals surface area contributed by atoms with Gasteiger partial charge in [0.05, 0.1) is 12.2 Å². The second-order valence-electron chi connectivity index (χ2n) is 3.74. The Morgan fingerprint density at radius 2 is 2.33 bits per heavy atom. The predicted molar refractivity (Wildman–Crippen MR) is 76.8 cm³/mol. The molecule has 0 bridgehead atoms. The number of amides is 1. The van der Waals surface area contributed by atoms with Gasteiger partial charge in [-0.1, -0.05) is 13.0 Å². The third kappa shape index (κ3) is 2.97. The van der Waals surface area contributed by atoms with E-state index in [9.17, 15) is 4.79 Å². The fraction of sp³-hybridized carbons (Fsp3) is 0.231. The number of carbonyl (C=O) groups is 1. The van der Waals surface area contributed by atoms with Crippen LogP contribution in [0.15, 0.2) is 34.2 Å². The number of carbonyl (C=O) groups excluding carboxylic acids is 1. The Morgan fingerprint density at radius 1 is 1.50 bits per heavy atom. The molecule has 0 saturated carbocycles. The first kappa shape index (κ1) is 13.2. The zero-order valence-electron chi connectivity index (χ0n) is 9.94. The maximum atomic E-state index is 11.9. The molecule has 0 aromatic carbocycles. The van der Waals surface area contributed by atoms with Gasteiger partial charge in [0.1, 0.15) is 4.88 Å². The van der Waals surface area contributed by atoms with Gasteiger partial charge in [0.2, 0.25) is 0 Å². The zero-order valence-corrected chi connectivity index (χ0v) is 12.3. The van der Waals surface area contributed by atoms with Crippen LogP contribution in [0, 0.1) is 0 Å². The molecule has 3 nitrogen and oxygen atoms in total. The van der Waals surface area contributed by atoms with Crippen LogP contribution in [0.5, 0.6) is 0 Å². The Bertz CT molecular complexity index is 553. The Hall–Kier alpha value is -1.20. The Balaban J connectivity index is 2.04. The predicted octanol–water partition coefficient (Wildman–Crippen LogP) is 3.40. The molecule has 0 aliphatic rings. The van der Waals surface area contributed by atoms with Crippen molar-refractivity contribution >= 4 is 33.2 Å². The number of pyridine rings is 1. The van der Waals surface area contributed by atoms with E-state index in [0.29, 0.717) is 11.4 Å². The van der Waals surface area contributed by atoms with Crippen LogP contribution in [0.1, 0.15) is 27.9 Å². The number of thiophene rings is 1. The molecule has 1 N–H and O–H groups in total. The lowest BCUT2D eigenvalue weighted by molar-refractivity contribution is 0.0953. The summed E-state index contributed by atoms with van der Waals surface area (Å²) in [5, 5.41) is 4.78. The summed E-state index contributed by atoms with van der Waals surface area (Å²) >= 11 is 4.78. The van der Waals surface area contributed by atoms with Gasteiger partial charge < -0.3 is 5.32 Å². The minimum absolute atomic E-state index is 0.0652. The number of nitrogens with zero attached hydrogens (tertiary/aromatic N) is 1. The van der Waals surface area contributed by atoms with Crippen LogP contribution in [0.25, 0.3) is 0 Å². The molecule has 2 aromatic heterocycles. The van der Waals surface area contributed by atoms with Gasteiger partial charge in [-0.2, -0.15) is 0 Å². The molecule has 0 spiro atoms. The lowest BCUT2D eigenvalue weighted by atomic mass is 10.1. The molecule has 0 radical (unpaired) electrons. The van der Waals surface area contributed by atoms with E-state index in [1.807, 2.05) is 23.6 Å². The summed E-state index contributed by atoms with van der Waals surface area (Å²) in [7, 11) is 0. The quantitative estimate of drug-likeness (QED) is 0.936. The third-order valence-corrected chi connectivity index (χ3v) is 4.44. The van der Waals surface area contributed by atoms with Crippen LogP contribution >= 0.6 is 27.3 Å². The number of rotatable bonds is 4. The fourth-order valence-corrected chi connectivity index (χ4v) is 3.12. The lowest BCUT2D eigenvalue weighted by Gasteiger charge is -2.07. The summed E-state index contributed by atoms with van der Waals surface area (Å²) in [4.78, 5) is 16.9. The number of hydrogen-bond acceptors (Lipinski definition) is 3. The second-order valence-corrected chi connectivity index (χ2v) is 5.51. The maximum Gasteiger partial charge on any atom is 0.262 e. The van der Waals surface area contributed by atoms with Gasteiger partial charge in [0.15, 0.2) is 0 Å². The fourth-order valence-electron chi connectivity index (χ4n) is 1.65. The molecule has 0 aliphatic carbocycles. The van der Waals surface area contributed by atoms with E-state index in [4.69, 9.17) is 0 Å². The summed E-state index contributed by atoms with van der Waals surface area (Å²) < 4.78 is 0.835. The standard InChI is InChI=1S/C13H13BrN2OS/c1-2-9-4-3-6-15-11(9)8-16-13(17)12-10(14)5-7-18-12/h3-7H,2,8H2,1H3,(H,16,17). The average molecular weight is 325 g/mol. The highest BCUT2D eigenvalue weighted by Crippen LogP contribution is 2.22. The highest BCUT2D eigenvalue weighted by atomic mass is 79.9. The molecule has 0 unspecified atom stereocenters. The van der Waals surface area contributed by atoms with Crippen molar-refractivity contribution in [3.05, 3.63) is 50.4 Å². The van der Waals surface area contributed by atoms with Crippen molar-refractivity contribution in [1.29, 1.82) is 0 Å². The lowest BCUT2D eigenvalue weighted by Crippen LogP contribution is -2.23. The van der Waals surface area contributed by atoms with Gasteiger partial charge in [-0.15, -0.1) is 11.3 Å². The highest BCUT2D eigenvalue weighted by Gasteiger charge is 2.11. The summed E-state index contributed by atoms with van der Waals surface area (Å²) in [6, 6.07) is 5.83. The Morgan fingerprint density at radius 3 is 3.00 bits per heavy atom. The zero-order chi connectivity index (χ0) is 13.0. The van der Waals surface area contributed by atoms with E-state index in [0.717, 1.165) is 16.6 Å². The first-order valence-electron chi connectivity index (χ1n) is 5.66. The van der Waals surface area contributed by atoms with Crippen molar-refractivity contribution < 1.29 is 4.79 Å². The largest absolute Gasteiger partial charge is 0.346 e.